The average molecular weight is 324 g/mol. The number of esters is 1. The average Bonchev–Trinajstić information content (AvgIpc) is 2.59. The second kappa shape index (κ2) is 5.93. The number of hydrogen-bond donors (Lipinski definition) is 0. The van der Waals surface area contributed by atoms with Gasteiger partial charge in [0, 0.05) is 10.3 Å². The zero-order valence-corrected chi connectivity index (χ0v) is 14.9. The van der Waals surface area contributed by atoms with Gasteiger partial charge in [-0.1, -0.05) is 11.8 Å². The maximum Gasteiger partial charge on any atom is 0.316 e. The lowest BCUT2D eigenvalue weighted by Crippen LogP contribution is -2.24. The molecule has 0 fully saturated rings. The van der Waals surface area contributed by atoms with E-state index in [0.29, 0.717) is 0 Å². The summed E-state index contributed by atoms with van der Waals surface area (Å²) in [5, 5.41) is 1.93. The van der Waals surface area contributed by atoms with E-state index in [4.69, 9.17) is 4.74 Å². The van der Waals surface area contributed by atoms with Crippen LogP contribution in [0.5, 0.6) is 0 Å². The molecule has 2 aromatic heterocycles. The Balaban J connectivity index is 2.24. The largest absolute Gasteiger partial charge is 0.459 e. The van der Waals surface area contributed by atoms with Crippen LogP contribution in [0.4, 0.5) is 0 Å². The Morgan fingerprint density at radius 2 is 1.90 bits per heavy atom. The van der Waals surface area contributed by atoms with Gasteiger partial charge in [-0.3, -0.25) is 4.79 Å². The zero-order valence-electron chi connectivity index (χ0n) is 13.2. The molecule has 0 saturated heterocycles. The summed E-state index contributed by atoms with van der Waals surface area (Å²) in [5.41, 5.74) is 0.741. The van der Waals surface area contributed by atoms with Gasteiger partial charge in [0.1, 0.15) is 21.3 Å². The van der Waals surface area contributed by atoms with Gasteiger partial charge in [0.05, 0.1) is 5.75 Å². The van der Waals surface area contributed by atoms with Crippen molar-refractivity contribution in [2.75, 3.05) is 5.75 Å². The van der Waals surface area contributed by atoms with E-state index in [9.17, 15) is 4.79 Å². The lowest BCUT2D eigenvalue weighted by molar-refractivity contribution is -0.151. The van der Waals surface area contributed by atoms with E-state index in [1.54, 1.807) is 11.3 Å². The normalized spacial score (nSPS) is 11.9. The minimum absolute atomic E-state index is 0.221. The third-order valence-corrected chi connectivity index (χ3v) is 4.90. The molecule has 2 heterocycles. The molecular weight excluding hydrogens is 304 g/mol. The van der Waals surface area contributed by atoms with E-state index in [2.05, 4.69) is 23.8 Å². The predicted molar refractivity (Wildman–Crippen MR) is 88.2 cm³/mol. The molecule has 0 radical (unpaired) electrons. The Bertz CT molecular complexity index is 687. The van der Waals surface area contributed by atoms with Crippen molar-refractivity contribution in [3.63, 3.8) is 0 Å². The molecule has 2 aromatic rings. The minimum atomic E-state index is -0.455. The van der Waals surface area contributed by atoms with Crippen LogP contribution < -0.4 is 0 Å². The van der Waals surface area contributed by atoms with Gasteiger partial charge in [-0.15, -0.1) is 11.3 Å². The highest BCUT2D eigenvalue weighted by atomic mass is 32.2. The fourth-order valence-corrected chi connectivity index (χ4v) is 3.96. The second-order valence-corrected chi connectivity index (χ2v) is 8.08. The van der Waals surface area contributed by atoms with Crippen LogP contribution in [0.15, 0.2) is 5.03 Å². The van der Waals surface area contributed by atoms with Crippen LogP contribution in [0.3, 0.4) is 0 Å². The van der Waals surface area contributed by atoms with Gasteiger partial charge in [0.25, 0.3) is 0 Å². The smallest absolute Gasteiger partial charge is 0.316 e. The number of ether oxygens (including phenoxy) is 1. The lowest BCUT2D eigenvalue weighted by Gasteiger charge is -2.19. The Morgan fingerprint density at radius 1 is 1.24 bits per heavy atom. The third kappa shape index (κ3) is 3.95. The Labute approximate surface area is 133 Å². The SMILES string of the molecule is Cc1nc(SCC(=O)OC(C)(C)C)c2c(C)c(C)sc2n1. The highest BCUT2D eigenvalue weighted by Crippen LogP contribution is 2.35. The second-order valence-electron chi connectivity index (χ2n) is 5.91. The van der Waals surface area contributed by atoms with Crippen LogP contribution >= 0.6 is 23.1 Å². The number of hydrogen-bond acceptors (Lipinski definition) is 6. The number of fused-ring (bicyclic) bond motifs is 1. The van der Waals surface area contributed by atoms with Crippen LogP contribution in [0.1, 0.15) is 37.0 Å². The molecule has 0 N–H and O–H groups in total. The van der Waals surface area contributed by atoms with E-state index in [1.807, 2.05) is 27.7 Å². The minimum Gasteiger partial charge on any atom is -0.459 e. The molecule has 0 aromatic carbocycles. The standard InChI is InChI=1S/C15H20N2O2S2/c1-8-9(2)21-14-12(8)13(16-10(3)17-14)20-7-11(18)19-15(4,5)6/h7H2,1-6H3. The van der Waals surface area contributed by atoms with Gasteiger partial charge < -0.3 is 4.74 Å². The number of thioether (sulfide) groups is 1. The summed E-state index contributed by atoms with van der Waals surface area (Å²) in [6.45, 7) is 11.6. The lowest BCUT2D eigenvalue weighted by atomic mass is 10.2. The highest BCUT2D eigenvalue weighted by Gasteiger charge is 2.19. The molecule has 0 aliphatic rings. The summed E-state index contributed by atoms with van der Waals surface area (Å²) in [4.78, 5) is 23.1. The quantitative estimate of drug-likeness (QED) is 0.484. The molecule has 21 heavy (non-hydrogen) atoms. The van der Waals surface area contributed by atoms with E-state index in [1.165, 1.54) is 22.2 Å². The first-order chi connectivity index (χ1) is 9.67. The fourth-order valence-electron chi connectivity index (χ4n) is 1.92. The first kappa shape index (κ1) is 16.2. The van der Waals surface area contributed by atoms with Crippen molar-refractivity contribution in [1.82, 2.24) is 9.97 Å². The van der Waals surface area contributed by atoms with E-state index >= 15 is 0 Å². The highest BCUT2D eigenvalue weighted by molar-refractivity contribution is 8.00. The molecule has 0 saturated carbocycles. The molecular formula is C15H20N2O2S2. The Hall–Kier alpha value is -1.14. The van der Waals surface area contributed by atoms with Gasteiger partial charge in [-0.2, -0.15) is 0 Å². The topological polar surface area (TPSA) is 52.1 Å². The molecule has 0 spiro atoms. The van der Waals surface area contributed by atoms with Crippen LogP contribution in [0.25, 0.3) is 10.2 Å². The molecule has 0 atom stereocenters. The fraction of sp³-hybridized carbons (Fsp3) is 0.533. The molecule has 2 rings (SSSR count). The number of carbonyl (C=O) groups excluding carboxylic acids is 1. The molecule has 6 heteroatoms. The molecule has 4 nitrogen and oxygen atoms in total. The van der Waals surface area contributed by atoms with Gasteiger partial charge in [-0.25, -0.2) is 9.97 Å². The van der Waals surface area contributed by atoms with Crippen molar-refractivity contribution in [2.24, 2.45) is 0 Å². The van der Waals surface area contributed by atoms with Crippen molar-refractivity contribution in [1.29, 1.82) is 0 Å². The van der Waals surface area contributed by atoms with Gasteiger partial charge >= 0.3 is 5.97 Å². The van der Waals surface area contributed by atoms with Crippen LogP contribution in [0, 0.1) is 20.8 Å². The molecule has 0 amide bonds. The summed E-state index contributed by atoms with van der Waals surface area (Å²) >= 11 is 3.09. The van der Waals surface area contributed by atoms with Crippen molar-refractivity contribution in [2.45, 2.75) is 52.2 Å². The van der Waals surface area contributed by atoms with Crippen molar-refractivity contribution < 1.29 is 9.53 Å². The maximum atomic E-state index is 11.9. The maximum absolute atomic E-state index is 11.9. The number of aryl methyl sites for hydroxylation is 3. The van der Waals surface area contributed by atoms with Crippen LogP contribution in [-0.2, 0) is 9.53 Å². The Morgan fingerprint density at radius 3 is 2.52 bits per heavy atom. The van der Waals surface area contributed by atoms with E-state index in [0.717, 1.165) is 21.1 Å². The van der Waals surface area contributed by atoms with Crippen LogP contribution in [-0.4, -0.2) is 27.3 Å². The number of aromatic nitrogens is 2. The molecule has 0 aliphatic carbocycles. The zero-order chi connectivity index (χ0) is 15.8. The van der Waals surface area contributed by atoms with E-state index in [-0.39, 0.29) is 11.7 Å². The molecule has 0 aliphatic heterocycles. The first-order valence-corrected chi connectivity index (χ1v) is 8.56. The monoisotopic (exact) mass is 324 g/mol. The van der Waals surface area contributed by atoms with Gasteiger partial charge in [-0.05, 0) is 47.1 Å². The first-order valence-electron chi connectivity index (χ1n) is 6.76. The number of carbonyl (C=O) groups is 1. The summed E-state index contributed by atoms with van der Waals surface area (Å²) < 4.78 is 5.34. The molecule has 0 unspecified atom stereocenters. The summed E-state index contributed by atoms with van der Waals surface area (Å²) in [6, 6.07) is 0. The number of rotatable bonds is 3. The predicted octanol–water partition coefficient (Wildman–Crippen LogP) is 4.05. The molecule has 0 bridgehead atoms. The van der Waals surface area contributed by atoms with Crippen LogP contribution in [0.2, 0.25) is 0 Å². The van der Waals surface area contributed by atoms with Crippen molar-refractivity contribution >= 4 is 39.3 Å². The summed E-state index contributed by atoms with van der Waals surface area (Å²) in [5.74, 6) is 0.772. The van der Waals surface area contributed by atoms with E-state index < -0.39 is 5.60 Å². The molecule has 114 valence electrons. The summed E-state index contributed by atoms with van der Waals surface area (Å²) in [7, 11) is 0. The number of nitrogens with zero attached hydrogens (tertiary/aromatic N) is 2. The van der Waals surface area contributed by atoms with Gasteiger partial charge in [0.15, 0.2) is 0 Å². The Kier molecular flexibility index (Phi) is 4.58. The summed E-state index contributed by atoms with van der Waals surface area (Å²) in [6.07, 6.45) is 0. The third-order valence-electron chi connectivity index (χ3n) is 2.85. The number of thiophene rings is 1. The van der Waals surface area contributed by atoms with Gasteiger partial charge in [0.2, 0.25) is 0 Å². The van der Waals surface area contributed by atoms with Crippen molar-refractivity contribution in [3.8, 4) is 0 Å². The van der Waals surface area contributed by atoms with Crippen molar-refractivity contribution in [3.05, 3.63) is 16.3 Å².